The average molecular weight is 317 g/mol. The molecule has 0 radical (unpaired) electrons. The molecule has 7 nitrogen and oxygen atoms in total. The molecule has 1 amide bonds. The predicted octanol–water partition coefficient (Wildman–Crippen LogP) is 0.336. The normalized spacial score (nSPS) is 19.1. The van der Waals surface area contributed by atoms with Crippen LogP contribution in [0.2, 0.25) is 0 Å². The van der Waals surface area contributed by atoms with E-state index in [-0.39, 0.29) is 12.5 Å². The van der Waals surface area contributed by atoms with Crippen molar-refractivity contribution >= 4 is 11.6 Å². The van der Waals surface area contributed by atoms with Gasteiger partial charge in [0, 0.05) is 32.1 Å². The van der Waals surface area contributed by atoms with E-state index in [2.05, 4.69) is 27.3 Å². The van der Waals surface area contributed by atoms with Crippen molar-refractivity contribution in [2.24, 2.45) is 5.92 Å². The number of nitrogens with zero attached hydrogens (tertiary/aromatic N) is 4. The molecule has 124 valence electrons. The van der Waals surface area contributed by atoms with Crippen LogP contribution in [0.5, 0.6) is 0 Å². The van der Waals surface area contributed by atoms with Crippen LogP contribution in [0.4, 0.5) is 0 Å². The maximum atomic E-state index is 12.4. The van der Waals surface area contributed by atoms with Crippen LogP contribution in [0, 0.1) is 5.92 Å². The van der Waals surface area contributed by atoms with Gasteiger partial charge < -0.3 is 15.3 Å². The Bertz CT molecular complexity index is 684. The second kappa shape index (κ2) is 7.06. The summed E-state index contributed by atoms with van der Waals surface area (Å²) in [6.45, 7) is 2.91. The van der Waals surface area contributed by atoms with E-state index in [1.165, 1.54) is 6.42 Å². The molecule has 3 heterocycles. The first kappa shape index (κ1) is 15.9. The number of aliphatic hydroxyl groups excluding tert-OH is 1. The number of hydrogen-bond donors (Lipinski definition) is 2. The van der Waals surface area contributed by atoms with Gasteiger partial charge >= 0.3 is 0 Å². The van der Waals surface area contributed by atoms with Crippen molar-refractivity contribution in [2.75, 3.05) is 33.3 Å². The van der Waals surface area contributed by atoms with E-state index in [0.29, 0.717) is 30.1 Å². The molecule has 23 heavy (non-hydrogen) atoms. The van der Waals surface area contributed by atoms with E-state index in [4.69, 9.17) is 5.11 Å². The molecule has 3 rings (SSSR count). The number of nitrogens with one attached hydrogen (secondary N) is 1. The van der Waals surface area contributed by atoms with Gasteiger partial charge in [0.15, 0.2) is 5.65 Å². The highest BCUT2D eigenvalue weighted by molar-refractivity contribution is 5.99. The zero-order valence-corrected chi connectivity index (χ0v) is 13.4. The van der Waals surface area contributed by atoms with Gasteiger partial charge in [0.2, 0.25) is 0 Å². The molecule has 1 aliphatic rings. The molecule has 0 aliphatic carbocycles. The quantitative estimate of drug-likeness (QED) is 0.831. The highest BCUT2D eigenvalue weighted by Gasteiger charge is 2.19. The minimum Gasteiger partial charge on any atom is -0.396 e. The first-order valence-electron chi connectivity index (χ1n) is 8.07. The van der Waals surface area contributed by atoms with E-state index in [9.17, 15) is 4.79 Å². The Hall–Kier alpha value is -1.99. The summed E-state index contributed by atoms with van der Waals surface area (Å²) in [7, 11) is 2.12. The molecule has 1 aliphatic heterocycles. The molecule has 0 aromatic carbocycles. The minimum absolute atomic E-state index is 0.0671. The summed E-state index contributed by atoms with van der Waals surface area (Å²) in [6.07, 6.45) is 7.89. The maximum absolute atomic E-state index is 12.4. The van der Waals surface area contributed by atoms with Gasteiger partial charge in [-0.2, -0.15) is 5.10 Å². The smallest absolute Gasteiger partial charge is 0.256 e. The fourth-order valence-electron chi connectivity index (χ4n) is 3.10. The topological polar surface area (TPSA) is 82.8 Å². The van der Waals surface area contributed by atoms with Crippen LogP contribution >= 0.6 is 0 Å². The van der Waals surface area contributed by atoms with Crippen molar-refractivity contribution < 1.29 is 9.90 Å². The molecule has 2 N–H and O–H groups in total. The summed E-state index contributed by atoms with van der Waals surface area (Å²) in [5.41, 5.74) is 1.93. The number of fused-ring (bicyclic) bond motifs is 1. The number of hydrogen-bond acceptors (Lipinski definition) is 5. The molecular formula is C16H23N5O2. The molecular weight excluding hydrogens is 294 g/mol. The molecule has 0 bridgehead atoms. The molecule has 0 spiro atoms. The summed E-state index contributed by atoms with van der Waals surface area (Å²) in [5, 5.41) is 16.2. The van der Waals surface area contributed by atoms with Crippen LogP contribution in [0.15, 0.2) is 18.6 Å². The van der Waals surface area contributed by atoms with E-state index in [1.54, 1.807) is 23.1 Å². The van der Waals surface area contributed by atoms with Gasteiger partial charge in [0.05, 0.1) is 6.20 Å². The Morgan fingerprint density at radius 3 is 3.13 bits per heavy atom. The molecule has 1 saturated heterocycles. The standard InChI is InChI=1S/C16H23N5O2/c1-20-5-2-3-12(10-20)8-18-16(23)14-9-19-21-11-13(4-6-22)7-17-15(14)21/h7,9,11-12,22H,2-6,8,10H2,1H3,(H,18,23). The van der Waals surface area contributed by atoms with Crippen LogP contribution in [0.1, 0.15) is 28.8 Å². The Balaban J connectivity index is 1.66. The van der Waals surface area contributed by atoms with Crippen molar-refractivity contribution in [3.05, 3.63) is 29.7 Å². The van der Waals surface area contributed by atoms with Crippen LogP contribution in [-0.2, 0) is 6.42 Å². The summed E-state index contributed by atoms with van der Waals surface area (Å²) < 4.78 is 1.59. The van der Waals surface area contributed by atoms with Gasteiger partial charge in [0.25, 0.3) is 5.91 Å². The summed E-state index contributed by atoms with van der Waals surface area (Å²) in [4.78, 5) is 19.0. The molecule has 2 aromatic rings. The van der Waals surface area contributed by atoms with Crippen molar-refractivity contribution in [1.29, 1.82) is 0 Å². The van der Waals surface area contributed by atoms with Crippen molar-refractivity contribution in [3.8, 4) is 0 Å². The number of rotatable bonds is 5. The number of aliphatic hydroxyl groups is 1. The number of aromatic nitrogens is 3. The fraction of sp³-hybridized carbons (Fsp3) is 0.562. The van der Waals surface area contributed by atoms with E-state index in [1.807, 2.05) is 0 Å². The van der Waals surface area contributed by atoms with Crippen molar-refractivity contribution in [2.45, 2.75) is 19.3 Å². The molecule has 0 saturated carbocycles. The van der Waals surface area contributed by atoms with Gasteiger partial charge in [-0.15, -0.1) is 0 Å². The lowest BCUT2D eigenvalue weighted by Crippen LogP contribution is -2.39. The van der Waals surface area contributed by atoms with Crippen LogP contribution in [0.3, 0.4) is 0 Å². The number of likely N-dealkylation sites (tertiary alicyclic amines) is 1. The molecule has 1 unspecified atom stereocenters. The number of piperidine rings is 1. The van der Waals surface area contributed by atoms with Gasteiger partial charge in [-0.3, -0.25) is 4.79 Å². The van der Waals surface area contributed by atoms with E-state index < -0.39 is 0 Å². The third-order valence-corrected chi connectivity index (χ3v) is 4.33. The van der Waals surface area contributed by atoms with Crippen molar-refractivity contribution in [3.63, 3.8) is 0 Å². The van der Waals surface area contributed by atoms with Gasteiger partial charge in [0.1, 0.15) is 5.56 Å². The second-order valence-electron chi connectivity index (χ2n) is 6.24. The van der Waals surface area contributed by atoms with Crippen molar-refractivity contribution in [1.82, 2.24) is 24.8 Å². The zero-order chi connectivity index (χ0) is 16.2. The number of carbonyl (C=O) groups excluding carboxylic acids is 1. The summed E-state index contributed by atoms with van der Waals surface area (Å²) in [6, 6.07) is 0. The highest BCUT2D eigenvalue weighted by Crippen LogP contribution is 2.15. The average Bonchev–Trinajstić information content (AvgIpc) is 2.96. The molecule has 1 fully saturated rings. The maximum Gasteiger partial charge on any atom is 0.256 e. The van der Waals surface area contributed by atoms with Gasteiger partial charge in [-0.05, 0) is 44.3 Å². The molecule has 2 aromatic heterocycles. The molecule has 7 heteroatoms. The Morgan fingerprint density at radius 2 is 2.35 bits per heavy atom. The third-order valence-electron chi connectivity index (χ3n) is 4.33. The first-order chi connectivity index (χ1) is 11.2. The first-order valence-corrected chi connectivity index (χ1v) is 8.07. The third kappa shape index (κ3) is 3.68. The fourth-order valence-corrected chi connectivity index (χ4v) is 3.10. The summed E-state index contributed by atoms with van der Waals surface area (Å²) in [5.74, 6) is 0.374. The Morgan fingerprint density at radius 1 is 1.48 bits per heavy atom. The minimum atomic E-state index is -0.129. The molecule has 1 atom stereocenters. The lowest BCUT2D eigenvalue weighted by Gasteiger charge is -2.29. The lowest BCUT2D eigenvalue weighted by molar-refractivity contribution is 0.0938. The zero-order valence-electron chi connectivity index (χ0n) is 13.4. The summed E-state index contributed by atoms with van der Waals surface area (Å²) >= 11 is 0. The van der Waals surface area contributed by atoms with Crippen LogP contribution < -0.4 is 5.32 Å². The van der Waals surface area contributed by atoms with Gasteiger partial charge in [-0.25, -0.2) is 9.50 Å². The Kier molecular flexibility index (Phi) is 4.88. The van der Waals surface area contributed by atoms with E-state index in [0.717, 1.165) is 25.1 Å². The SMILES string of the molecule is CN1CCCC(CNC(=O)c2cnn3cc(CCO)cnc23)C1. The van der Waals surface area contributed by atoms with Crippen LogP contribution in [0.25, 0.3) is 5.65 Å². The highest BCUT2D eigenvalue weighted by atomic mass is 16.3. The largest absolute Gasteiger partial charge is 0.396 e. The predicted molar refractivity (Wildman–Crippen MR) is 86.3 cm³/mol. The monoisotopic (exact) mass is 317 g/mol. The lowest BCUT2D eigenvalue weighted by atomic mass is 9.98. The number of carbonyl (C=O) groups is 1. The van der Waals surface area contributed by atoms with Crippen LogP contribution in [-0.4, -0.2) is 63.8 Å². The van der Waals surface area contributed by atoms with Gasteiger partial charge in [-0.1, -0.05) is 0 Å². The van der Waals surface area contributed by atoms with E-state index >= 15 is 0 Å². The Labute approximate surface area is 135 Å². The number of amides is 1. The second-order valence-corrected chi connectivity index (χ2v) is 6.24.